The molecule has 21 heavy (non-hydrogen) atoms. The number of nitrogens with two attached hydrogens (primary N) is 2. The van der Waals surface area contributed by atoms with Crippen LogP contribution in [-0.4, -0.2) is 31.0 Å². The summed E-state index contributed by atoms with van der Waals surface area (Å²) < 4.78 is 0. The monoisotopic (exact) mass is 282 g/mol. The number of benzene rings is 1. The highest BCUT2D eigenvalue weighted by molar-refractivity contribution is 5.94. The van der Waals surface area contributed by atoms with Gasteiger partial charge in [0.15, 0.2) is 34.3 Å². The van der Waals surface area contributed by atoms with E-state index in [-0.39, 0.29) is 28.5 Å². The topological polar surface area (TPSA) is 141 Å². The van der Waals surface area contributed by atoms with E-state index < -0.39 is 5.97 Å². The number of hydrogen-bond donors (Lipinski definition) is 3. The van der Waals surface area contributed by atoms with Crippen LogP contribution in [0.5, 0.6) is 0 Å². The van der Waals surface area contributed by atoms with Crippen LogP contribution in [0.15, 0.2) is 30.3 Å². The van der Waals surface area contributed by atoms with E-state index in [9.17, 15) is 4.79 Å². The number of carboxylic acid groups (broad SMARTS) is 1. The van der Waals surface area contributed by atoms with E-state index in [1.807, 2.05) is 30.3 Å². The molecule has 8 heteroatoms. The molecule has 0 saturated carbocycles. The van der Waals surface area contributed by atoms with Crippen LogP contribution in [-0.2, 0) is 0 Å². The summed E-state index contributed by atoms with van der Waals surface area (Å²) in [6, 6.07) is 9.19. The average Bonchev–Trinajstić information content (AvgIpc) is 2.47. The van der Waals surface area contributed by atoms with Crippen LogP contribution >= 0.6 is 0 Å². The Morgan fingerprint density at radius 2 is 1.67 bits per heavy atom. The third-order valence-corrected chi connectivity index (χ3v) is 2.82. The number of carboxylic acids is 1. The number of aromatic nitrogens is 4. The van der Waals surface area contributed by atoms with Crippen LogP contribution in [0.1, 0.15) is 10.5 Å². The molecule has 3 aromatic rings. The molecule has 0 amide bonds. The minimum Gasteiger partial charge on any atom is -0.476 e. The van der Waals surface area contributed by atoms with Gasteiger partial charge in [0.2, 0.25) is 0 Å². The van der Waals surface area contributed by atoms with Gasteiger partial charge in [0, 0.05) is 5.56 Å². The summed E-state index contributed by atoms with van der Waals surface area (Å²) in [7, 11) is 0. The number of aromatic carboxylic acids is 1. The molecule has 0 bridgehead atoms. The molecule has 0 saturated heterocycles. The fraction of sp³-hybridized carbons (Fsp3) is 0. The van der Waals surface area contributed by atoms with Crippen LogP contribution in [0.2, 0.25) is 0 Å². The number of rotatable bonds is 2. The number of fused-ring (bicyclic) bond motifs is 1. The van der Waals surface area contributed by atoms with Gasteiger partial charge < -0.3 is 16.6 Å². The molecule has 0 unspecified atom stereocenters. The molecule has 104 valence electrons. The summed E-state index contributed by atoms with van der Waals surface area (Å²) in [6.45, 7) is 0. The lowest BCUT2D eigenvalue weighted by atomic mass is 10.2. The van der Waals surface area contributed by atoms with E-state index in [1.165, 1.54) is 0 Å². The van der Waals surface area contributed by atoms with E-state index in [1.54, 1.807) is 0 Å². The summed E-state index contributed by atoms with van der Waals surface area (Å²) in [6.07, 6.45) is 0. The third kappa shape index (κ3) is 2.18. The number of anilines is 2. The third-order valence-electron chi connectivity index (χ3n) is 2.82. The summed E-state index contributed by atoms with van der Waals surface area (Å²) in [5.74, 6) is -1.08. The SMILES string of the molecule is Nc1nc2nc(-c3ccccc3)nc(N)c2nc1C(=O)O. The molecule has 0 aliphatic carbocycles. The highest BCUT2D eigenvalue weighted by Gasteiger charge is 2.17. The fourth-order valence-electron chi connectivity index (χ4n) is 1.85. The molecule has 2 aromatic heterocycles. The predicted molar refractivity (Wildman–Crippen MR) is 76.3 cm³/mol. The second-order valence-electron chi connectivity index (χ2n) is 4.23. The highest BCUT2D eigenvalue weighted by Crippen LogP contribution is 2.22. The largest absolute Gasteiger partial charge is 0.476 e. The molecular formula is C13H10N6O2. The van der Waals surface area contributed by atoms with Crippen molar-refractivity contribution in [2.24, 2.45) is 0 Å². The lowest BCUT2D eigenvalue weighted by Crippen LogP contribution is -2.10. The van der Waals surface area contributed by atoms with Crippen molar-refractivity contribution in [2.45, 2.75) is 0 Å². The van der Waals surface area contributed by atoms with E-state index >= 15 is 0 Å². The Labute approximate surface area is 118 Å². The van der Waals surface area contributed by atoms with Crippen molar-refractivity contribution in [1.82, 2.24) is 19.9 Å². The molecule has 2 heterocycles. The first-order valence-electron chi connectivity index (χ1n) is 5.95. The maximum absolute atomic E-state index is 11.0. The molecule has 0 aliphatic heterocycles. The lowest BCUT2D eigenvalue weighted by Gasteiger charge is -2.06. The number of nitrogen functional groups attached to an aromatic ring is 2. The van der Waals surface area contributed by atoms with Gasteiger partial charge in [-0.1, -0.05) is 30.3 Å². The van der Waals surface area contributed by atoms with Crippen LogP contribution < -0.4 is 11.5 Å². The summed E-state index contributed by atoms with van der Waals surface area (Å²) in [4.78, 5) is 27.2. The molecule has 0 radical (unpaired) electrons. The van der Waals surface area contributed by atoms with Gasteiger partial charge in [0.1, 0.15) is 0 Å². The lowest BCUT2D eigenvalue weighted by molar-refractivity contribution is 0.0692. The predicted octanol–water partition coefficient (Wildman–Crippen LogP) is 0.949. The van der Waals surface area contributed by atoms with Crippen molar-refractivity contribution in [2.75, 3.05) is 11.5 Å². The van der Waals surface area contributed by atoms with E-state index in [4.69, 9.17) is 16.6 Å². The first kappa shape index (κ1) is 12.7. The van der Waals surface area contributed by atoms with E-state index in [0.29, 0.717) is 5.82 Å². The average molecular weight is 282 g/mol. The molecule has 5 N–H and O–H groups in total. The fourth-order valence-corrected chi connectivity index (χ4v) is 1.85. The number of hydrogen-bond acceptors (Lipinski definition) is 7. The summed E-state index contributed by atoms with van der Waals surface area (Å²) >= 11 is 0. The summed E-state index contributed by atoms with van der Waals surface area (Å²) in [5.41, 5.74) is 12.1. The van der Waals surface area contributed by atoms with Gasteiger partial charge in [-0.2, -0.15) is 0 Å². The van der Waals surface area contributed by atoms with Crippen molar-refractivity contribution in [1.29, 1.82) is 0 Å². The van der Waals surface area contributed by atoms with E-state index in [0.717, 1.165) is 5.56 Å². The molecule has 8 nitrogen and oxygen atoms in total. The maximum Gasteiger partial charge on any atom is 0.358 e. The second-order valence-corrected chi connectivity index (χ2v) is 4.23. The summed E-state index contributed by atoms with van der Waals surface area (Å²) in [5, 5.41) is 8.98. The zero-order chi connectivity index (χ0) is 15.0. The zero-order valence-electron chi connectivity index (χ0n) is 10.7. The first-order valence-corrected chi connectivity index (χ1v) is 5.95. The Bertz CT molecular complexity index is 850. The Balaban J connectivity index is 2.26. The first-order chi connectivity index (χ1) is 10.1. The molecular weight excluding hydrogens is 272 g/mol. The van der Waals surface area contributed by atoms with Crippen molar-refractivity contribution in [3.63, 3.8) is 0 Å². The van der Waals surface area contributed by atoms with Crippen molar-refractivity contribution < 1.29 is 9.90 Å². The normalized spacial score (nSPS) is 10.7. The molecule has 0 spiro atoms. The van der Waals surface area contributed by atoms with Gasteiger partial charge in [0.25, 0.3) is 0 Å². The second kappa shape index (κ2) is 4.67. The van der Waals surface area contributed by atoms with Gasteiger partial charge in [-0.05, 0) is 0 Å². The Hall–Kier alpha value is -3.29. The Morgan fingerprint density at radius 1 is 0.952 bits per heavy atom. The molecule has 3 rings (SSSR count). The van der Waals surface area contributed by atoms with E-state index in [2.05, 4.69) is 19.9 Å². The van der Waals surface area contributed by atoms with Gasteiger partial charge in [-0.15, -0.1) is 0 Å². The molecule has 0 aliphatic rings. The van der Waals surface area contributed by atoms with Crippen LogP contribution in [0, 0.1) is 0 Å². The van der Waals surface area contributed by atoms with Gasteiger partial charge >= 0.3 is 5.97 Å². The maximum atomic E-state index is 11.0. The van der Waals surface area contributed by atoms with Gasteiger partial charge in [-0.3, -0.25) is 0 Å². The molecule has 1 aromatic carbocycles. The quantitative estimate of drug-likeness (QED) is 0.630. The van der Waals surface area contributed by atoms with Crippen molar-refractivity contribution >= 4 is 28.8 Å². The van der Waals surface area contributed by atoms with Crippen molar-refractivity contribution in [3.05, 3.63) is 36.0 Å². The minimum atomic E-state index is -1.28. The molecule has 0 atom stereocenters. The smallest absolute Gasteiger partial charge is 0.358 e. The Morgan fingerprint density at radius 3 is 2.33 bits per heavy atom. The van der Waals surface area contributed by atoms with Gasteiger partial charge in [0.05, 0.1) is 0 Å². The molecule has 0 fully saturated rings. The van der Waals surface area contributed by atoms with Crippen molar-refractivity contribution in [3.8, 4) is 11.4 Å². The standard InChI is InChI=1S/C13H10N6O2/c14-9-7-12(18-10(15)8(16-7)13(20)21)19-11(17-9)6-4-2-1-3-5-6/h1-5H,(H,20,21)(H4,14,15,17,18,19). The van der Waals surface area contributed by atoms with Crippen LogP contribution in [0.25, 0.3) is 22.6 Å². The highest BCUT2D eigenvalue weighted by atomic mass is 16.4. The number of nitrogens with zero attached hydrogens (tertiary/aromatic N) is 4. The van der Waals surface area contributed by atoms with Crippen LogP contribution in [0.3, 0.4) is 0 Å². The Kier molecular flexibility index (Phi) is 2.83. The zero-order valence-corrected chi connectivity index (χ0v) is 10.7. The van der Waals surface area contributed by atoms with Crippen LogP contribution in [0.4, 0.5) is 11.6 Å². The number of carbonyl (C=O) groups is 1. The minimum absolute atomic E-state index is 0.0499. The van der Waals surface area contributed by atoms with Gasteiger partial charge in [-0.25, -0.2) is 24.7 Å².